The highest BCUT2D eigenvalue weighted by atomic mass is 16.5. The molecule has 1 heterocycles. The van der Waals surface area contributed by atoms with E-state index in [0.29, 0.717) is 17.1 Å². The number of rotatable bonds is 3. The summed E-state index contributed by atoms with van der Waals surface area (Å²) in [5, 5.41) is 9.58. The van der Waals surface area contributed by atoms with Gasteiger partial charge in [0.1, 0.15) is 0 Å². The molecule has 1 rings (SSSR count). The summed E-state index contributed by atoms with van der Waals surface area (Å²) >= 11 is 0. The van der Waals surface area contributed by atoms with E-state index in [0.717, 1.165) is 0 Å². The number of methoxy groups -OCH3 is 2. The summed E-state index contributed by atoms with van der Waals surface area (Å²) in [5.41, 5.74) is 1.07. The van der Waals surface area contributed by atoms with Crippen molar-refractivity contribution in [2.75, 3.05) is 14.2 Å². The van der Waals surface area contributed by atoms with Gasteiger partial charge in [0, 0.05) is 11.8 Å². The van der Waals surface area contributed by atoms with Crippen LogP contribution in [0.1, 0.15) is 17.4 Å². The number of esters is 1. The second-order valence-corrected chi connectivity index (χ2v) is 3.01. The molecule has 0 saturated carbocycles. The summed E-state index contributed by atoms with van der Waals surface area (Å²) in [6.07, 6.45) is -1.30. The highest BCUT2D eigenvalue weighted by molar-refractivity contribution is 5.76. The van der Waals surface area contributed by atoms with Crippen molar-refractivity contribution in [3.8, 4) is 5.88 Å². The van der Waals surface area contributed by atoms with Crippen LogP contribution in [-0.4, -0.2) is 30.3 Å². The number of ether oxygens (including phenoxy) is 2. The van der Waals surface area contributed by atoms with Gasteiger partial charge in [0.2, 0.25) is 5.88 Å². The maximum atomic E-state index is 11.1. The minimum absolute atomic E-state index is 0.355. The molecule has 0 aliphatic heterocycles. The zero-order chi connectivity index (χ0) is 11.4. The number of hydrogen-bond acceptors (Lipinski definition) is 5. The number of aliphatic hydroxyl groups excluding tert-OH is 1. The third-order valence-corrected chi connectivity index (χ3v) is 1.90. The van der Waals surface area contributed by atoms with E-state index in [4.69, 9.17) is 4.74 Å². The van der Waals surface area contributed by atoms with E-state index in [9.17, 15) is 9.90 Å². The maximum Gasteiger partial charge on any atom is 0.339 e. The molecule has 0 radical (unpaired) electrons. The first-order valence-corrected chi connectivity index (χ1v) is 4.37. The molecule has 0 bridgehead atoms. The van der Waals surface area contributed by atoms with Crippen molar-refractivity contribution >= 4 is 5.97 Å². The first-order chi connectivity index (χ1) is 7.08. The molecule has 0 aliphatic rings. The monoisotopic (exact) mass is 211 g/mol. The Morgan fingerprint density at radius 1 is 1.47 bits per heavy atom. The fourth-order valence-corrected chi connectivity index (χ4v) is 1.17. The van der Waals surface area contributed by atoms with E-state index in [1.807, 2.05) is 0 Å². The number of carbonyl (C=O) groups is 1. The van der Waals surface area contributed by atoms with Crippen LogP contribution < -0.4 is 4.74 Å². The van der Waals surface area contributed by atoms with Gasteiger partial charge in [-0.05, 0) is 18.6 Å². The molecule has 1 aromatic rings. The molecule has 0 amide bonds. The smallest absolute Gasteiger partial charge is 0.339 e. The maximum absolute atomic E-state index is 11.1. The van der Waals surface area contributed by atoms with Crippen LogP contribution in [0.3, 0.4) is 0 Å². The Morgan fingerprint density at radius 3 is 2.67 bits per heavy atom. The second-order valence-electron chi connectivity index (χ2n) is 3.01. The zero-order valence-corrected chi connectivity index (χ0v) is 8.85. The van der Waals surface area contributed by atoms with Crippen molar-refractivity contribution < 1.29 is 19.4 Å². The Balaban J connectivity index is 3.03. The van der Waals surface area contributed by atoms with E-state index in [2.05, 4.69) is 9.72 Å². The van der Waals surface area contributed by atoms with Gasteiger partial charge in [-0.1, -0.05) is 0 Å². The molecular formula is C10H13NO4. The SMILES string of the molecule is COC(=O)C(O)c1cc(C)nc(OC)c1. The van der Waals surface area contributed by atoms with Crippen LogP contribution in [0.15, 0.2) is 12.1 Å². The fourth-order valence-electron chi connectivity index (χ4n) is 1.17. The minimum atomic E-state index is -1.30. The van der Waals surface area contributed by atoms with Gasteiger partial charge in [0.15, 0.2) is 6.10 Å². The van der Waals surface area contributed by atoms with Crippen LogP contribution in [0, 0.1) is 6.92 Å². The van der Waals surface area contributed by atoms with Crippen LogP contribution in [0.25, 0.3) is 0 Å². The highest BCUT2D eigenvalue weighted by Crippen LogP contribution is 2.19. The van der Waals surface area contributed by atoms with Gasteiger partial charge >= 0.3 is 5.97 Å². The molecule has 82 valence electrons. The van der Waals surface area contributed by atoms with E-state index in [-0.39, 0.29) is 0 Å². The standard InChI is InChI=1S/C10H13NO4/c1-6-4-7(5-8(11-6)14-2)9(12)10(13)15-3/h4-5,9,12H,1-3H3. The van der Waals surface area contributed by atoms with Crippen LogP contribution in [-0.2, 0) is 9.53 Å². The van der Waals surface area contributed by atoms with Crippen molar-refractivity contribution in [3.63, 3.8) is 0 Å². The predicted octanol–water partition coefficient (Wildman–Crippen LogP) is 0.605. The molecule has 1 atom stereocenters. The first kappa shape index (κ1) is 11.5. The van der Waals surface area contributed by atoms with E-state index < -0.39 is 12.1 Å². The van der Waals surface area contributed by atoms with Crippen LogP contribution in [0.2, 0.25) is 0 Å². The van der Waals surface area contributed by atoms with E-state index in [1.54, 1.807) is 13.0 Å². The number of carbonyl (C=O) groups excluding carboxylic acids is 1. The molecule has 5 nitrogen and oxygen atoms in total. The van der Waals surface area contributed by atoms with E-state index in [1.165, 1.54) is 20.3 Å². The van der Waals surface area contributed by atoms with Crippen LogP contribution >= 0.6 is 0 Å². The number of aliphatic hydroxyl groups is 1. The summed E-state index contributed by atoms with van der Waals surface area (Å²) < 4.78 is 9.35. The Kier molecular flexibility index (Phi) is 3.62. The molecule has 1 N–H and O–H groups in total. The number of nitrogens with zero attached hydrogens (tertiary/aromatic N) is 1. The Bertz CT molecular complexity index is 364. The van der Waals surface area contributed by atoms with Gasteiger partial charge in [-0.25, -0.2) is 9.78 Å². The second kappa shape index (κ2) is 4.75. The van der Waals surface area contributed by atoms with E-state index >= 15 is 0 Å². The quantitative estimate of drug-likeness (QED) is 0.741. The predicted molar refractivity (Wildman–Crippen MR) is 52.5 cm³/mol. The van der Waals surface area contributed by atoms with Crippen LogP contribution in [0.5, 0.6) is 5.88 Å². The van der Waals surface area contributed by atoms with Gasteiger partial charge in [0.25, 0.3) is 0 Å². The van der Waals surface area contributed by atoms with Gasteiger partial charge in [-0.3, -0.25) is 0 Å². The Morgan fingerprint density at radius 2 is 2.13 bits per heavy atom. The summed E-state index contributed by atoms with van der Waals surface area (Å²) in [7, 11) is 2.69. The van der Waals surface area contributed by atoms with Gasteiger partial charge < -0.3 is 14.6 Å². The van der Waals surface area contributed by atoms with Gasteiger partial charge in [-0.15, -0.1) is 0 Å². The average molecular weight is 211 g/mol. The molecule has 5 heteroatoms. The summed E-state index contributed by atoms with van der Waals surface area (Å²) in [4.78, 5) is 15.1. The highest BCUT2D eigenvalue weighted by Gasteiger charge is 2.19. The molecule has 15 heavy (non-hydrogen) atoms. The largest absolute Gasteiger partial charge is 0.481 e. The molecule has 0 aliphatic carbocycles. The van der Waals surface area contributed by atoms with Crippen molar-refractivity contribution in [2.45, 2.75) is 13.0 Å². The topological polar surface area (TPSA) is 68.7 Å². The molecule has 0 fully saturated rings. The number of hydrogen-bond donors (Lipinski definition) is 1. The van der Waals surface area contributed by atoms with Crippen LogP contribution in [0.4, 0.5) is 0 Å². The van der Waals surface area contributed by atoms with Crippen molar-refractivity contribution in [1.82, 2.24) is 4.98 Å². The Labute approximate surface area is 87.7 Å². The molecule has 0 aromatic carbocycles. The number of aromatic nitrogens is 1. The lowest BCUT2D eigenvalue weighted by atomic mass is 10.1. The van der Waals surface area contributed by atoms with Crippen molar-refractivity contribution in [1.29, 1.82) is 0 Å². The molecule has 0 saturated heterocycles. The molecule has 1 unspecified atom stereocenters. The van der Waals surface area contributed by atoms with Gasteiger partial charge in [-0.2, -0.15) is 0 Å². The summed E-state index contributed by atoms with van der Waals surface area (Å²) in [5.74, 6) is -0.351. The van der Waals surface area contributed by atoms with Crippen molar-refractivity contribution in [2.24, 2.45) is 0 Å². The number of pyridine rings is 1. The first-order valence-electron chi connectivity index (χ1n) is 4.37. The average Bonchev–Trinajstić information content (AvgIpc) is 2.26. The lowest BCUT2D eigenvalue weighted by Crippen LogP contribution is -2.14. The zero-order valence-electron chi connectivity index (χ0n) is 8.85. The molecule has 0 spiro atoms. The minimum Gasteiger partial charge on any atom is -0.481 e. The molecular weight excluding hydrogens is 198 g/mol. The lowest BCUT2D eigenvalue weighted by Gasteiger charge is -2.10. The third-order valence-electron chi connectivity index (χ3n) is 1.90. The summed E-state index contributed by atoms with van der Waals surface area (Å²) in [6, 6.07) is 3.10. The van der Waals surface area contributed by atoms with Crippen molar-refractivity contribution in [3.05, 3.63) is 23.4 Å². The molecule has 1 aromatic heterocycles. The van der Waals surface area contributed by atoms with Gasteiger partial charge in [0.05, 0.1) is 14.2 Å². The number of aryl methyl sites for hydroxylation is 1. The third kappa shape index (κ3) is 2.66. The normalized spacial score (nSPS) is 12.0. The summed E-state index contributed by atoms with van der Waals surface area (Å²) in [6.45, 7) is 1.75. The lowest BCUT2D eigenvalue weighted by molar-refractivity contribution is -0.150. The Hall–Kier alpha value is -1.62. The fraction of sp³-hybridized carbons (Fsp3) is 0.400.